The van der Waals surface area contributed by atoms with Gasteiger partial charge in [0, 0.05) is 17.2 Å². The van der Waals surface area contributed by atoms with Crippen molar-refractivity contribution >= 4 is 27.7 Å². The molecule has 1 N–H and O–H groups in total. The summed E-state index contributed by atoms with van der Waals surface area (Å²) in [5, 5.41) is 3.13. The monoisotopic (exact) mass is 373 g/mol. The first-order valence-electron chi connectivity index (χ1n) is 7.24. The van der Waals surface area contributed by atoms with Crippen molar-refractivity contribution in [1.82, 2.24) is 9.88 Å². The molecule has 1 fully saturated rings. The second-order valence-electron chi connectivity index (χ2n) is 6.37. The third kappa shape index (κ3) is 4.83. The highest BCUT2D eigenvalue weighted by atomic mass is 79.9. The van der Waals surface area contributed by atoms with Crippen molar-refractivity contribution in [3.05, 3.63) is 22.9 Å². The fraction of sp³-hybridized carbons (Fsp3) is 0.600. The van der Waals surface area contributed by atoms with Gasteiger partial charge in [0.2, 0.25) is 0 Å². The van der Waals surface area contributed by atoms with Gasteiger partial charge in [-0.3, -0.25) is 4.98 Å². The zero-order chi connectivity index (χ0) is 16.3. The Morgan fingerprint density at radius 2 is 2.23 bits per heavy atom. The van der Waals surface area contributed by atoms with Crippen LogP contribution in [0.4, 0.5) is 14.9 Å². The van der Waals surface area contributed by atoms with Crippen LogP contribution in [-0.4, -0.2) is 46.9 Å². The minimum atomic E-state index is -1.15. The van der Waals surface area contributed by atoms with Crippen LogP contribution in [0.3, 0.4) is 0 Å². The molecule has 1 aliphatic heterocycles. The van der Waals surface area contributed by atoms with Crippen molar-refractivity contribution in [2.24, 2.45) is 0 Å². The molecule has 2 atom stereocenters. The highest BCUT2D eigenvalue weighted by molar-refractivity contribution is 9.10. The van der Waals surface area contributed by atoms with E-state index in [1.165, 1.54) is 4.90 Å². The number of hydrogen-bond acceptors (Lipinski definition) is 4. The van der Waals surface area contributed by atoms with Crippen LogP contribution in [0.15, 0.2) is 22.9 Å². The van der Waals surface area contributed by atoms with Crippen molar-refractivity contribution in [2.45, 2.75) is 45.0 Å². The third-order valence-electron chi connectivity index (χ3n) is 3.25. The quantitative estimate of drug-likeness (QED) is 0.860. The molecule has 1 aromatic rings. The zero-order valence-corrected chi connectivity index (χ0v) is 14.6. The predicted molar refractivity (Wildman–Crippen MR) is 86.7 cm³/mol. The maximum absolute atomic E-state index is 14.3. The first-order chi connectivity index (χ1) is 10.2. The van der Waals surface area contributed by atoms with E-state index in [-0.39, 0.29) is 12.6 Å². The smallest absolute Gasteiger partial charge is 0.410 e. The Hall–Kier alpha value is -1.37. The molecule has 0 aromatic carbocycles. The second kappa shape index (κ2) is 6.81. The number of anilines is 1. The Balaban J connectivity index is 1.91. The normalized spacial score (nSPS) is 22.3. The SMILES string of the molecule is CC(C)(C)OC(=O)N1CC[C@@H](Nc2cncc(Br)c2)[C@@H](F)C1. The number of alkyl halides is 1. The second-order valence-corrected chi connectivity index (χ2v) is 7.29. The summed E-state index contributed by atoms with van der Waals surface area (Å²) in [6.07, 6.45) is 2.23. The number of amides is 1. The number of carbonyl (C=O) groups excluding carboxylic acids is 1. The lowest BCUT2D eigenvalue weighted by molar-refractivity contribution is 0.0125. The molecule has 5 nitrogen and oxygen atoms in total. The first-order valence-corrected chi connectivity index (χ1v) is 8.03. The summed E-state index contributed by atoms with van der Waals surface area (Å²) in [6.45, 7) is 5.90. The van der Waals surface area contributed by atoms with Gasteiger partial charge in [-0.1, -0.05) is 0 Å². The van der Waals surface area contributed by atoms with Gasteiger partial charge in [0.25, 0.3) is 0 Å². The van der Waals surface area contributed by atoms with E-state index in [9.17, 15) is 9.18 Å². The summed E-state index contributed by atoms with van der Waals surface area (Å²) in [4.78, 5) is 17.4. The number of hydrogen-bond donors (Lipinski definition) is 1. The number of rotatable bonds is 2. The lowest BCUT2D eigenvalue weighted by atomic mass is 10.0. The van der Waals surface area contributed by atoms with Gasteiger partial charge in [0.05, 0.1) is 24.5 Å². The zero-order valence-electron chi connectivity index (χ0n) is 13.0. The van der Waals surface area contributed by atoms with Crippen LogP contribution >= 0.6 is 15.9 Å². The van der Waals surface area contributed by atoms with Crippen molar-refractivity contribution in [3.8, 4) is 0 Å². The van der Waals surface area contributed by atoms with Gasteiger partial charge in [-0.2, -0.15) is 0 Å². The van der Waals surface area contributed by atoms with Crippen molar-refractivity contribution in [3.63, 3.8) is 0 Å². The van der Waals surface area contributed by atoms with Gasteiger partial charge in [-0.15, -0.1) is 0 Å². The number of carbonyl (C=O) groups is 1. The number of piperidine rings is 1. The van der Waals surface area contributed by atoms with Crippen molar-refractivity contribution in [1.29, 1.82) is 0 Å². The van der Waals surface area contributed by atoms with E-state index < -0.39 is 17.9 Å². The Bertz CT molecular complexity index is 536. The number of ether oxygens (including phenoxy) is 1. The summed E-state index contributed by atoms with van der Waals surface area (Å²) in [5.41, 5.74) is 0.188. The van der Waals surface area contributed by atoms with Gasteiger partial charge in [-0.25, -0.2) is 9.18 Å². The number of nitrogens with zero attached hydrogens (tertiary/aromatic N) is 2. The molecule has 0 unspecified atom stereocenters. The van der Waals surface area contributed by atoms with Gasteiger partial charge >= 0.3 is 6.09 Å². The Labute approximate surface area is 138 Å². The number of nitrogens with one attached hydrogen (secondary N) is 1. The first kappa shape index (κ1) is 17.0. The molecule has 1 aromatic heterocycles. The molecule has 0 bridgehead atoms. The molecular weight excluding hydrogens is 353 g/mol. The number of aromatic nitrogens is 1. The molecule has 0 saturated carbocycles. The standard InChI is InChI=1S/C15H21BrFN3O2/c1-15(2,3)22-14(21)20-5-4-13(12(17)9-20)19-11-6-10(16)7-18-8-11/h6-8,12-13,19H,4-5,9H2,1-3H3/t12-,13+/m0/s1. The van der Waals surface area contributed by atoms with E-state index >= 15 is 0 Å². The molecule has 2 rings (SSSR count). The third-order valence-corrected chi connectivity index (χ3v) is 3.68. The number of halogens is 2. The topological polar surface area (TPSA) is 54.5 Å². The molecule has 0 spiro atoms. The highest BCUT2D eigenvalue weighted by Gasteiger charge is 2.33. The molecule has 2 heterocycles. The molecule has 1 saturated heterocycles. The molecule has 1 amide bonds. The highest BCUT2D eigenvalue weighted by Crippen LogP contribution is 2.22. The Morgan fingerprint density at radius 1 is 1.50 bits per heavy atom. The minimum absolute atomic E-state index is 0.0357. The Kier molecular flexibility index (Phi) is 5.26. The van der Waals surface area contributed by atoms with E-state index in [1.54, 1.807) is 33.2 Å². The summed E-state index contributed by atoms with van der Waals surface area (Å²) in [5.74, 6) is 0. The fourth-order valence-electron chi connectivity index (χ4n) is 2.26. The number of likely N-dealkylation sites (tertiary alicyclic amines) is 1. The molecule has 1 aliphatic rings. The van der Waals surface area contributed by atoms with Crippen LogP contribution in [0.5, 0.6) is 0 Å². The maximum Gasteiger partial charge on any atom is 0.410 e. The lowest BCUT2D eigenvalue weighted by Crippen LogP contribution is -2.51. The summed E-state index contributed by atoms with van der Waals surface area (Å²) in [6, 6.07) is 1.51. The largest absolute Gasteiger partial charge is 0.444 e. The predicted octanol–water partition coefficient (Wildman–Crippen LogP) is 3.60. The Morgan fingerprint density at radius 3 is 2.82 bits per heavy atom. The van der Waals surface area contributed by atoms with Crippen LogP contribution in [0, 0.1) is 0 Å². The summed E-state index contributed by atoms with van der Waals surface area (Å²) in [7, 11) is 0. The van der Waals surface area contributed by atoms with Crippen LogP contribution in [-0.2, 0) is 4.74 Å². The molecule has 22 heavy (non-hydrogen) atoms. The number of pyridine rings is 1. The van der Waals surface area contributed by atoms with Gasteiger partial charge in [0.1, 0.15) is 11.8 Å². The van der Waals surface area contributed by atoms with E-state index in [0.717, 1.165) is 10.2 Å². The van der Waals surface area contributed by atoms with Crippen molar-refractivity contribution < 1.29 is 13.9 Å². The van der Waals surface area contributed by atoms with Gasteiger partial charge < -0.3 is 15.0 Å². The van der Waals surface area contributed by atoms with E-state index in [1.807, 2.05) is 6.07 Å². The average Bonchev–Trinajstić information content (AvgIpc) is 2.39. The van der Waals surface area contributed by atoms with Crippen molar-refractivity contribution in [2.75, 3.05) is 18.4 Å². The van der Waals surface area contributed by atoms with Crippen LogP contribution in [0.1, 0.15) is 27.2 Å². The molecule has 122 valence electrons. The average molecular weight is 374 g/mol. The van der Waals surface area contributed by atoms with Crippen LogP contribution < -0.4 is 5.32 Å². The molecule has 0 radical (unpaired) electrons. The molecular formula is C15H21BrFN3O2. The van der Waals surface area contributed by atoms with Gasteiger partial charge in [-0.05, 0) is 49.2 Å². The summed E-state index contributed by atoms with van der Waals surface area (Å²) >= 11 is 3.33. The minimum Gasteiger partial charge on any atom is -0.444 e. The van der Waals surface area contributed by atoms with Crippen LogP contribution in [0.2, 0.25) is 0 Å². The maximum atomic E-state index is 14.3. The van der Waals surface area contributed by atoms with E-state index in [0.29, 0.717) is 13.0 Å². The van der Waals surface area contributed by atoms with Crippen LogP contribution in [0.25, 0.3) is 0 Å². The van der Waals surface area contributed by atoms with E-state index in [2.05, 4.69) is 26.2 Å². The van der Waals surface area contributed by atoms with Gasteiger partial charge in [0.15, 0.2) is 0 Å². The molecule has 7 heteroatoms. The van der Waals surface area contributed by atoms with E-state index in [4.69, 9.17) is 4.74 Å². The lowest BCUT2D eigenvalue weighted by Gasteiger charge is -2.36. The molecule has 0 aliphatic carbocycles. The fourth-order valence-corrected chi connectivity index (χ4v) is 2.63. The summed E-state index contributed by atoms with van der Waals surface area (Å²) < 4.78 is 20.4.